The van der Waals surface area contributed by atoms with Crippen LogP contribution in [0.3, 0.4) is 0 Å². The van der Waals surface area contributed by atoms with Crippen molar-refractivity contribution in [1.82, 2.24) is 0 Å². The third-order valence-corrected chi connectivity index (χ3v) is 5.36. The molecule has 0 fully saturated rings. The fourth-order valence-corrected chi connectivity index (χ4v) is 4.23. The lowest BCUT2D eigenvalue weighted by atomic mass is 9.77. The molecular weight excluding hydrogens is 373 g/mol. The minimum absolute atomic E-state index is 0.0454. The van der Waals surface area contributed by atoms with Crippen molar-refractivity contribution in [1.29, 1.82) is 0 Å². The highest BCUT2D eigenvalue weighted by molar-refractivity contribution is 9.10. The number of carboxylic acids is 1. The number of nitrogens with one attached hydrogen (secondary N) is 1. The van der Waals surface area contributed by atoms with E-state index in [9.17, 15) is 9.18 Å². The number of rotatable bonds is 2. The lowest BCUT2D eigenvalue weighted by Crippen LogP contribution is -2.29. The number of allylic oxidation sites excluding steroid dienone is 2. The minimum atomic E-state index is -0.945. The molecule has 2 aliphatic rings. The van der Waals surface area contributed by atoms with Gasteiger partial charge in [-0.3, -0.25) is 0 Å². The summed E-state index contributed by atoms with van der Waals surface area (Å²) in [5.41, 5.74) is 2.75. The first-order chi connectivity index (χ1) is 11.5. The Balaban J connectivity index is 1.76. The molecule has 4 rings (SSSR count). The number of carbonyl (C=O) groups is 1. The lowest BCUT2D eigenvalue weighted by Gasteiger charge is -2.37. The molecular formula is C19H15BrFNO2. The van der Waals surface area contributed by atoms with Crippen LogP contribution in [-0.2, 0) is 0 Å². The zero-order chi connectivity index (χ0) is 16.8. The van der Waals surface area contributed by atoms with E-state index in [4.69, 9.17) is 5.11 Å². The standard InChI is InChI=1S/C19H15BrFNO2/c20-12-8-15-13-2-1-3-14(13)17(22-18(15)16(21)9-12)10-4-6-11(7-5-10)19(23)24/h1-2,4-9,13-14,17,22H,3H2,(H,23,24)/t13-,14-,17+/m0/s1. The maximum absolute atomic E-state index is 14.5. The highest BCUT2D eigenvalue weighted by Crippen LogP contribution is 2.51. The van der Waals surface area contributed by atoms with Crippen LogP contribution < -0.4 is 5.32 Å². The van der Waals surface area contributed by atoms with Gasteiger partial charge in [-0.15, -0.1) is 0 Å². The molecule has 1 aliphatic carbocycles. The van der Waals surface area contributed by atoms with E-state index in [1.165, 1.54) is 6.07 Å². The topological polar surface area (TPSA) is 49.3 Å². The molecule has 0 unspecified atom stereocenters. The molecule has 3 atom stereocenters. The number of halogens is 2. The molecule has 2 aromatic carbocycles. The Labute approximate surface area is 147 Å². The van der Waals surface area contributed by atoms with E-state index >= 15 is 0 Å². The van der Waals surface area contributed by atoms with E-state index in [0.29, 0.717) is 11.6 Å². The molecule has 24 heavy (non-hydrogen) atoms. The fraction of sp³-hybridized carbons (Fsp3) is 0.211. The first-order valence-corrected chi connectivity index (χ1v) is 8.59. The maximum atomic E-state index is 14.5. The van der Waals surface area contributed by atoms with Gasteiger partial charge >= 0.3 is 5.97 Å². The molecule has 0 saturated heterocycles. The number of anilines is 1. The van der Waals surface area contributed by atoms with E-state index in [-0.39, 0.29) is 23.3 Å². The van der Waals surface area contributed by atoms with Crippen LogP contribution >= 0.6 is 15.9 Å². The summed E-state index contributed by atoms with van der Waals surface area (Å²) in [6, 6.07) is 10.2. The van der Waals surface area contributed by atoms with Crippen LogP contribution in [0.5, 0.6) is 0 Å². The number of hydrogen-bond donors (Lipinski definition) is 2. The molecule has 0 radical (unpaired) electrons. The summed E-state index contributed by atoms with van der Waals surface area (Å²) in [7, 11) is 0. The van der Waals surface area contributed by atoms with E-state index in [0.717, 1.165) is 22.0 Å². The largest absolute Gasteiger partial charge is 0.478 e. The molecule has 2 aromatic rings. The molecule has 0 aromatic heterocycles. The van der Waals surface area contributed by atoms with Crippen molar-refractivity contribution in [2.75, 3.05) is 5.32 Å². The minimum Gasteiger partial charge on any atom is -0.478 e. The molecule has 1 aliphatic heterocycles. The van der Waals surface area contributed by atoms with Crippen LogP contribution in [0, 0.1) is 11.7 Å². The number of fused-ring (bicyclic) bond motifs is 3. The van der Waals surface area contributed by atoms with Crippen molar-refractivity contribution in [3.8, 4) is 0 Å². The summed E-state index contributed by atoms with van der Waals surface area (Å²) >= 11 is 3.37. The van der Waals surface area contributed by atoms with Crippen LogP contribution in [-0.4, -0.2) is 11.1 Å². The summed E-state index contributed by atoms with van der Waals surface area (Å²) in [6.45, 7) is 0. The van der Waals surface area contributed by atoms with Crippen molar-refractivity contribution in [3.05, 3.63) is 75.5 Å². The molecule has 5 heteroatoms. The second-order valence-corrected chi connectivity index (χ2v) is 7.17. The average molecular weight is 388 g/mol. The Morgan fingerprint density at radius 1 is 1.25 bits per heavy atom. The molecule has 0 spiro atoms. The molecule has 0 saturated carbocycles. The smallest absolute Gasteiger partial charge is 0.335 e. The highest BCUT2D eigenvalue weighted by atomic mass is 79.9. The van der Waals surface area contributed by atoms with Gasteiger partial charge in [0.1, 0.15) is 5.82 Å². The van der Waals surface area contributed by atoms with Gasteiger partial charge in [-0.2, -0.15) is 0 Å². The van der Waals surface area contributed by atoms with Crippen LogP contribution in [0.1, 0.15) is 39.9 Å². The summed E-state index contributed by atoms with van der Waals surface area (Å²) in [6.07, 6.45) is 5.20. The van der Waals surface area contributed by atoms with E-state index < -0.39 is 5.97 Å². The zero-order valence-electron chi connectivity index (χ0n) is 12.7. The maximum Gasteiger partial charge on any atom is 0.335 e. The molecule has 0 amide bonds. The van der Waals surface area contributed by atoms with Gasteiger partial charge in [-0.1, -0.05) is 40.2 Å². The summed E-state index contributed by atoms with van der Waals surface area (Å²) in [4.78, 5) is 11.0. The zero-order valence-corrected chi connectivity index (χ0v) is 14.3. The monoisotopic (exact) mass is 387 g/mol. The van der Waals surface area contributed by atoms with Crippen LogP contribution in [0.4, 0.5) is 10.1 Å². The Bertz CT molecular complexity index is 847. The molecule has 3 nitrogen and oxygen atoms in total. The van der Waals surface area contributed by atoms with E-state index in [1.807, 2.05) is 18.2 Å². The first-order valence-electron chi connectivity index (χ1n) is 7.80. The molecule has 2 N–H and O–H groups in total. The van der Waals surface area contributed by atoms with Crippen LogP contribution in [0.2, 0.25) is 0 Å². The van der Waals surface area contributed by atoms with Gasteiger partial charge < -0.3 is 10.4 Å². The van der Waals surface area contributed by atoms with Crippen LogP contribution in [0.25, 0.3) is 0 Å². The highest BCUT2D eigenvalue weighted by Gasteiger charge is 2.39. The van der Waals surface area contributed by atoms with Gasteiger partial charge in [0, 0.05) is 10.4 Å². The Morgan fingerprint density at radius 3 is 2.71 bits per heavy atom. The van der Waals surface area contributed by atoms with Gasteiger partial charge in [0.05, 0.1) is 17.3 Å². The number of aromatic carboxylic acids is 1. The van der Waals surface area contributed by atoms with Crippen molar-refractivity contribution in [2.45, 2.75) is 18.4 Å². The van der Waals surface area contributed by atoms with Crippen molar-refractivity contribution >= 4 is 27.6 Å². The van der Waals surface area contributed by atoms with Gasteiger partial charge in [-0.25, -0.2) is 9.18 Å². The van der Waals surface area contributed by atoms with E-state index in [1.54, 1.807) is 12.1 Å². The third kappa shape index (κ3) is 2.44. The van der Waals surface area contributed by atoms with Crippen molar-refractivity contribution < 1.29 is 14.3 Å². The third-order valence-electron chi connectivity index (χ3n) is 4.90. The van der Waals surface area contributed by atoms with Gasteiger partial charge in [0.25, 0.3) is 0 Å². The SMILES string of the molecule is O=C(O)c1ccc([C@H]2Nc3c(F)cc(Br)cc3[C@H]3C=CC[C@@H]32)cc1. The quantitative estimate of drug-likeness (QED) is 0.703. The average Bonchev–Trinajstić information content (AvgIpc) is 3.04. The molecule has 122 valence electrons. The molecule has 1 heterocycles. The Hall–Kier alpha value is -2.14. The second kappa shape index (κ2) is 5.74. The first kappa shape index (κ1) is 15.4. The van der Waals surface area contributed by atoms with Gasteiger partial charge in [-0.05, 0) is 47.7 Å². The predicted molar refractivity (Wildman–Crippen MR) is 93.9 cm³/mol. The Morgan fingerprint density at radius 2 is 2.00 bits per heavy atom. The van der Waals surface area contributed by atoms with Gasteiger partial charge in [0.15, 0.2) is 0 Å². The number of carboxylic acid groups (broad SMARTS) is 1. The summed E-state index contributed by atoms with van der Waals surface area (Å²) in [5.74, 6) is -0.760. The summed E-state index contributed by atoms with van der Waals surface area (Å²) in [5, 5.41) is 12.4. The summed E-state index contributed by atoms with van der Waals surface area (Å²) < 4.78 is 15.2. The Kier molecular flexibility index (Phi) is 3.68. The van der Waals surface area contributed by atoms with Crippen LogP contribution in [0.15, 0.2) is 53.0 Å². The molecule has 0 bridgehead atoms. The van der Waals surface area contributed by atoms with Gasteiger partial charge in [0.2, 0.25) is 0 Å². The normalized spacial score (nSPS) is 24.2. The second-order valence-electron chi connectivity index (χ2n) is 6.25. The predicted octanol–water partition coefficient (Wildman–Crippen LogP) is 5.11. The lowest BCUT2D eigenvalue weighted by molar-refractivity contribution is 0.0697. The van der Waals surface area contributed by atoms with E-state index in [2.05, 4.69) is 33.4 Å². The van der Waals surface area contributed by atoms with Crippen molar-refractivity contribution in [3.63, 3.8) is 0 Å². The number of hydrogen-bond acceptors (Lipinski definition) is 2. The fourth-order valence-electron chi connectivity index (χ4n) is 3.78. The number of benzene rings is 2. The van der Waals surface area contributed by atoms with Crippen molar-refractivity contribution in [2.24, 2.45) is 5.92 Å².